The molecule has 2 aromatic carbocycles. The average molecular weight is 283 g/mol. The number of benzene rings is 2. The van der Waals surface area contributed by atoms with Crippen molar-refractivity contribution in [1.29, 1.82) is 0 Å². The van der Waals surface area contributed by atoms with Crippen molar-refractivity contribution in [2.24, 2.45) is 5.73 Å². The van der Waals surface area contributed by atoms with Crippen molar-refractivity contribution < 1.29 is 14.7 Å². The maximum atomic E-state index is 12.2. The van der Waals surface area contributed by atoms with Gasteiger partial charge in [-0.3, -0.25) is 9.59 Å². The van der Waals surface area contributed by atoms with E-state index >= 15 is 0 Å². The van der Waals surface area contributed by atoms with Gasteiger partial charge in [0.1, 0.15) is 0 Å². The average Bonchev–Trinajstić information content (AvgIpc) is 2.47. The zero-order valence-electron chi connectivity index (χ0n) is 11.5. The number of carboxylic acids is 1. The quantitative estimate of drug-likeness (QED) is 0.797. The summed E-state index contributed by atoms with van der Waals surface area (Å²) < 4.78 is 0. The lowest BCUT2D eigenvalue weighted by Gasteiger charge is -2.09. The number of hydrogen-bond acceptors (Lipinski definition) is 3. The van der Waals surface area contributed by atoms with Gasteiger partial charge in [-0.2, -0.15) is 0 Å². The second kappa shape index (κ2) is 6.81. The number of ketones is 1. The van der Waals surface area contributed by atoms with Crippen molar-refractivity contribution in [2.75, 3.05) is 0 Å². The van der Waals surface area contributed by atoms with E-state index in [1.807, 2.05) is 30.3 Å². The summed E-state index contributed by atoms with van der Waals surface area (Å²) >= 11 is 0. The van der Waals surface area contributed by atoms with Gasteiger partial charge in [-0.1, -0.05) is 54.6 Å². The largest absolute Gasteiger partial charge is 0.481 e. The summed E-state index contributed by atoms with van der Waals surface area (Å²) in [6.45, 7) is 0. The Bertz CT molecular complexity index is 620. The molecule has 4 nitrogen and oxygen atoms in total. The molecule has 0 aliphatic rings. The number of carbonyl (C=O) groups excluding carboxylic acids is 1. The Labute approximate surface area is 123 Å². The number of rotatable bonds is 6. The summed E-state index contributed by atoms with van der Waals surface area (Å²) in [4.78, 5) is 22.8. The van der Waals surface area contributed by atoms with Gasteiger partial charge in [0.2, 0.25) is 0 Å². The molecule has 0 aromatic heterocycles. The SMILES string of the molecule is NC(CC(=O)O)Cc1ccc(C(=O)c2ccccc2)cc1. The first-order valence-electron chi connectivity index (χ1n) is 6.72. The number of carboxylic acid groups (broad SMARTS) is 1. The summed E-state index contributed by atoms with van der Waals surface area (Å²) in [5.74, 6) is -0.935. The van der Waals surface area contributed by atoms with Gasteiger partial charge in [0.15, 0.2) is 5.78 Å². The van der Waals surface area contributed by atoms with E-state index in [9.17, 15) is 9.59 Å². The molecule has 0 fully saturated rings. The van der Waals surface area contributed by atoms with E-state index in [4.69, 9.17) is 10.8 Å². The van der Waals surface area contributed by atoms with Crippen LogP contribution >= 0.6 is 0 Å². The van der Waals surface area contributed by atoms with Crippen LogP contribution in [0, 0.1) is 0 Å². The van der Waals surface area contributed by atoms with Crippen molar-refractivity contribution in [3.8, 4) is 0 Å². The molecule has 0 aliphatic heterocycles. The highest BCUT2D eigenvalue weighted by Crippen LogP contribution is 2.12. The molecular weight excluding hydrogens is 266 g/mol. The summed E-state index contributed by atoms with van der Waals surface area (Å²) in [5.41, 5.74) is 7.93. The van der Waals surface area contributed by atoms with Crippen LogP contribution in [0.2, 0.25) is 0 Å². The maximum absolute atomic E-state index is 12.2. The van der Waals surface area contributed by atoms with Crippen LogP contribution in [0.4, 0.5) is 0 Å². The highest BCUT2D eigenvalue weighted by molar-refractivity contribution is 6.08. The standard InChI is InChI=1S/C17H17NO3/c18-15(11-16(19)20)10-12-6-8-14(9-7-12)17(21)13-4-2-1-3-5-13/h1-9,15H,10-11,18H2,(H,19,20). The molecule has 0 spiro atoms. The summed E-state index contributed by atoms with van der Waals surface area (Å²) in [5, 5.41) is 8.68. The van der Waals surface area contributed by atoms with Crippen LogP contribution in [0.3, 0.4) is 0 Å². The lowest BCUT2D eigenvalue weighted by atomic mass is 9.99. The van der Waals surface area contributed by atoms with Crippen LogP contribution in [-0.4, -0.2) is 22.9 Å². The third-order valence-electron chi connectivity index (χ3n) is 3.19. The van der Waals surface area contributed by atoms with Crippen LogP contribution in [-0.2, 0) is 11.2 Å². The Balaban J connectivity index is 2.05. The van der Waals surface area contributed by atoms with Crippen molar-refractivity contribution in [1.82, 2.24) is 0 Å². The molecule has 0 heterocycles. The molecule has 0 radical (unpaired) electrons. The Morgan fingerprint density at radius 2 is 1.52 bits per heavy atom. The van der Waals surface area contributed by atoms with Gasteiger partial charge >= 0.3 is 5.97 Å². The van der Waals surface area contributed by atoms with Crippen molar-refractivity contribution in [3.05, 3.63) is 71.3 Å². The van der Waals surface area contributed by atoms with Crippen LogP contribution in [0.1, 0.15) is 27.9 Å². The fraction of sp³-hybridized carbons (Fsp3) is 0.176. The smallest absolute Gasteiger partial charge is 0.304 e. The minimum Gasteiger partial charge on any atom is -0.481 e. The molecule has 21 heavy (non-hydrogen) atoms. The minimum atomic E-state index is -0.904. The Kier molecular flexibility index (Phi) is 4.85. The summed E-state index contributed by atoms with van der Waals surface area (Å²) in [7, 11) is 0. The molecule has 1 unspecified atom stereocenters. The van der Waals surface area contributed by atoms with Crippen molar-refractivity contribution >= 4 is 11.8 Å². The third-order valence-corrected chi connectivity index (χ3v) is 3.19. The molecule has 0 saturated heterocycles. The van der Waals surface area contributed by atoms with Gasteiger partial charge in [0.05, 0.1) is 6.42 Å². The predicted molar refractivity (Wildman–Crippen MR) is 80.2 cm³/mol. The molecule has 2 aromatic rings. The molecule has 0 bridgehead atoms. The zero-order chi connectivity index (χ0) is 15.2. The van der Waals surface area contributed by atoms with Gasteiger partial charge in [-0.05, 0) is 12.0 Å². The maximum Gasteiger partial charge on any atom is 0.304 e. The summed E-state index contributed by atoms with van der Waals surface area (Å²) in [6, 6.07) is 15.8. The highest BCUT2D eigenvalue weighted by atomic mass is 16.4. The Morgan fingerprint density at radius 1 is 0.952 bits per heavy atom. The zero-order valence-corrected chi connectivity index (χ0v) is 11.5. The van der Waals surface area contributed by atoms with E-state index < -0.39 is 12.0 Å². The molecule has 0 saturated carbocycles. The van der Waals surface area contributed by atoms with Crippen LogP contribution in [0.25, 0.3) is 0 Å². The van der Waals surface area contributed by atoms with Crippen LogP contribution in [0.15, 0.2) is 54.6 Å². The van der Waals surface area contributed by atoms with E-state index in [2.05, 4.69) is 0 Å². The first-order chi connectivity index (χ1) is 10.1. The van der Waals surface area contributed by atoms with E-state index in [-0.39, 0.29) is 12.2 Å². The lowest BCUT2D eigenvalue weighted by Crippen LogP contribution is -2.26. The monoisotopic (exact) mass is 283 g/mol. The van der Waals surface area contributed by atoms with Gasteiger partial charge in [0.25, 0.3) is 0 Å². The third kappa shape index (κ3) is 4.26. The van der Waals surface area contributed by atoms with Crippen molar-refractivity contribution in [3.63, 3.8) is 0 Å². The van der Waals surface area contributed by atoms with Gasteiger partial charge < -0.3 is 10.8 Å². The van der Waals surface area contributed by atoms with Gasteiger partial charge in [-0.25, -0.2) is 0 Å². The molecule has 0 aliphatic carbocycles. The number of nitrogens with two attached hydrogens (primary N) is 1. The number of carbonyl (C=O) groups is 2. The predicted octanol–water partition coefficient (Wildman–Crippen LogP) is 2.26. The van der Waals surface area contributed by atoms with E-state index in [0.717, 1.165) is 5.56 Å². The number of hydrogen-bond donors (Lipinski definition) is 2. The first kappa shape index (κ1) is 14.9. The molecule has 0 amide bonds. The first-order valence-corrected chi connectivity index (χ1v) is 6.72. The highest BCUT2D eigenvalue weighted by Gasteiger charge is 2.11. The van der Waals surface area contributed by atoms with Crippen molar-refractivity contribution in [2.45, 2.75) is 18.9 Å². The molecule has 3 N–H and O–H groups in total. The van der Waals surface area contributed by atoms with Gasteiger partial charge in [-0.15, -0.1) is 0 Å². The fourth-order valence-corrected chi connectivity index (χ4v) is 2.15. The molecule has 1 atom stereocenters. The normalized spacial score (nSPS) is 11.9. The molecular formula is C17H17NO3. The second-order valence-corrected chi connectivity index (χ2v) is 4.95. The Hall–Kier alpha value is -2.46. The van der Waals surface area contributed by atoms with E-state index in [1.165, 1.54) is 0 Å². The lowest BCUT2D eigenvalue weighted by molar-refractivity contribution is -0.137. The Morgan fingerprint density at radius 3 is 2.10 bits per heavy atom. The van der Waals surface area contributed by atoms with E-state index in [0.29, 0.717) is 17.5 Å². The van der Waals surface area contributed by atoms with E-state index in [1.54, 1.807) is 24.3 Å². The van der Waals surface area contributed by atoms with Crippen LogP contribution < -0.4 is 5.73 Å². The molecule has 108 valence electrons. The van der Waals surface area contributed by atoms with Crippen LogP contribution in [0.5, 0.6) is 0 Å². The minimum absolute atomic E-state index is 0.0306. The second-order valence-electron chi connectivity index (χ2n) is 4.95. The van der Waals surface area contributed by atoms with Gasteiger partial charge in [0, 0.05) is 17.2 Å². The number of aliphatic carboxylic acids is 1. The fourth-order valence-electron chi connectivity index (χ4n) is 2.15. The molecule has 2 rings (SSSR count). The topological polar surface area (TPSA) is 80.4 Å². The summed E-state index contributed by atoms with van der Waals surface area (Å²) in [6.07, 6.45) is 0.413. The molecule has 4 heteroatoms.